The first-order valence-electron chi connectivity index (χ1n) is 19.5. The minimum Gasteiger partial charge on any atom is -0.444 e. The van der Waals surface area contributed by atoms with Crippen molar-refractivity contribution in [2.45, 2.75) is 127 Å². The van der Waals surface area contributed by atoms with Gasteiger partial charge in [-0.25, -0.2) is 14.0 Å². The molecule has 17 heteroatoms. The Morgan fingerprint density at radius 3 is 2.47 bits per heavy atom. The molecular formula is C41H49F4N5O8. The molecule has 1 saturated carbocycles. The molecule has 2 fully saturated rings. The SMILES string of the molecule is CC(C)(C)OC(=O)N[C@H]1CCCCC/C=C\[C@@H]2C[C@@]2(C(=O)NCc2ccc(C(O)C(F)(F)F)cc2)NC(=O)[C@@H]2C[C@@H](OC(=O)N3Cc4cccc(F)c4C3)CN2C1=O. The molecule has 1 unspecified atom stereocenters. The largest absolute Gasteiger partial charge is 0.444 e. The summed E-state index contributed by atoms with van der Waals surface area (Å²) in [6.45, 7) is 4.84. The average molecular weight is 816 g/mol. The average Bonchev–Trinajstić information content (AvgIpc) is 3.44. The second kappa shape index (κ2) is 17.0. The Morgan fingerprint density at radius 1 is 1.03 bits per heavy atom. The van der Waals surface area contributed by atoms with Crippen LogP contribution in [0.15, 0.2) is 54.6 Å². The Kier molecular flexibility index (Phi) is 12.4. The predicted molar refractivity (Wildman–Crippen MR) is 200 cm³/mol. The summed E-state index contributed by atoms with van der Waals surface area (Å²) >= 11 is 0. The number of rotatable bonds is 6. The maximum Gasteiger partial charge on any atom is 0.418 e. The molecule has 58 heavy (non-hydrogen) atoms. The molecule has 2 aromatic carbocycles. The Labute approximate surface area is 333 Å². The molecule has 0 spiro atoms. The molecule has 6 atom stereocenters. The molecule has 0 radical (unpaired) electrons. The highest BCUT2D eigenvalue weighted by molar-refractivity contribution is 5.98. The molecule has 0 bridgehead atoms. The zero-order chi connectivity index (χ0) is 42.0. The van der Waals surface area contributed by atoms with E-state index in [-0.39, 0.29) is 51.0 Å². The summed E-state index contributed by atoms with van der Waals surface area (Å²) in [6.07, 6.45) is -3.27. The van der Waals surface area contributed by atoms with Gasteiger partial charge in [-0.1, -0.05) is 61.4 Å². The number of nitrogens with one attached hydrogen (secondary N) is 3. The molecule has 5 amide bonds. The van der Waals surface area contributed by atoms with Gasteiger partial charge in [0.25, 0.3) is 0 Å². The van der Waals surface area contributed by atoms with E-state index >= 15 is 0 Å². The summed E-state index contributed by atoms with van der Waals surface area (Å²) in [5, 5.41) is 17.9. The maximum absolute atomic E-state index is 14.5. The first-order valence-corrected chi connectivity index (χ1v) is 19.5. The van der Waals surface area contributed by atoms with E-state index in [1.807, 2.05) is 12.2 Å². The Bertz CT molecular complexity index is 1920. The molecule has 6 rings (SSSR count). The van der Waals surface area contributed by atoms with E-state index < -0.39 is 83.3 Å². The van der Waals surface area contributed by atoms with Gasteiger partial charge in [-0.05, 0) is 69.2 Å². The van der Waals surface area contributed by atoms with Crippen molar-refractivity contribution in [3.05, 3.63) is 82.7 Å². The number of allylic oxidation sites excluding steroid dienone is 1. The van der Waals surface area contributed by atoms with E-state index in [1.165, 1.54) is 28.0 Å². The molecule has 0 aromatic heterocycles. The molecular weight excluding hydrogens is 766 g/mol. The molecule has 4 aliphatic rings. The number of carbonyl (C=O) groups excluding carboxylic acids is 5. The minimum absolute atomic E-state index is 0.0196. The zero-order valence-electron chi connectivity index (χ0n) is 32.6. The van der Waals surface area contributed by atoms with Crippen LogP contribution < -0.4 is 16.0 Å². The molecule has 1 aliphatic carbocycles. The Balaban J connectivity index is 1.22. The zero-order valence-corrected chi connectivity index (χ0v) is 32.6. The van der Waals surface area contributed by atoms with Gasteiger partial charge < -0.3 is 35.4 Å². The Hall–Kier alpha value is -5.19. The van der Waals surface area contributed by atoms with Gasteiger partial charge in [-0.3, -0.25) is 19.3 Å². The van der Waals surface area contributed by atoms with Crippen molar-refractivity contribution in [3.8, 4) is 0 Å². The quantitative estimate of drug-likeness (QED) is 0.221. The van der Waals surface area contributed by atoms with Crippen molar-refractivity contribution in [2.24, 2.45) is 5.92 Å². The fourth-order valence-corrected chi connectivity index (χ4v) is 7.69. The van der Waals surface area contributed by atoms with Gasteiger partial charge >= 0.3 is 18.4 Å². The molecule has 314 valence electrons. The monoisotopic (exact) mass is 815 g/mol. The number of alkyl halides is 3. The predicted octanol–water partition coefficient (Wildman–Crippen LogP) is 5.45. The number of benzene rings is 2. The van der Waals surface area contributed by atoms with Gasteiger partial charge in [0.1, 0.15) is 35.1 Å². The number of fused-ring (bicyclic) bond motifs is 3. The number of hydrogen-bond donors (Lipinski definition) is 4. The van der Waals surface area contributed by atoms with E-state index in [9.17, 15) is 46.6 Å². The highest BCUT2D eigenvalue weighted by atomic mass is 19.4. The number of carbonyl (C=O) groups is 5. The number of amides is 5. The van der Waals surface area contributed by atoms with Crippen LogP contribution in [0.3, 0.4) is 0 Å². The highest BCUT2D eigenvalue weighted by Gasteiger charge is 2.61. The second-order valence-corrected chi connectivity index (χ2v) is 16.4. The van der Waals surface area contributed by atoms with Crippen molar-refractivity contribution < 1.29 is 56.1 Å². The van der Waals surface area contributed by atoms with Crippen LogP contribution >= 0.6 is 0 Å². The number of ether oxygens (including phenoxy) is 2. The van der Waals surface area contributed by atoms with Crippen molar-refractivity contribution in [2.75, 3.05) is 6.54 Å². The van der Waals surface area contributed by atoms with Crippen LogP contribution in [0.5, 0.6) is 0 Å². The van der Waals surface area contributed by atoms with Crippen molar-refractivity contribution in [1.82, 2.24) is 25.8 Å². The summed E-state index contributed by atoms with van der Waals surface area (Å²) in [5.74, 6) is -2.70. The third-order valence-corrected chi connectivity index (χ3v) is 10.8. The van der Waals surface area contributed by atoms with Crippen LogP contribution in [0.4, 0.5) is 27.2 Å². The number of alkyl carbamates (subject to hydrolysis) is 1. The topological polar surface area (TPSA) is 167 Å². The van der Waals surface area contributed by atoms with Crippen LogP contribution in [0.1, 0.15) is 94.1 Å². The fourth-order valence-electron chi connectivity index (χ4n) is 7.69. The Morgan fingerprint density at radius 2 is 1.78 bits per heavy atom. The molecule has 4 N–H and O–H groups in total. The lowest BCUT2D eigenvalue weighted by atomic mass is 10.0. The van der Waals surface area contributed by atoms with Gasteiger partial charge in [0.05, 0.1) is 13.1 Å². The van der Waals surface area contributed by atoms with Crippen molar-refractivity contribution in [3.63, 3.8) is 0 Å². The van der Waals surface area contributed by atoms with Crippen LogP contribution in [0, 0.1) is 11.7 Å². The van der Waals surface area contributed by atoms with E-state index in [2.05, 4.69) is 16.0 Å². The number of nitrogens with zero attached hydrogens (tertiary/aromatic N) is 2. The molecule has 1 saturated heterocycles. The van der Waals surface area contributed by atoms with Crippen LogP contribution in [-0.4, -0.2) is 86.9 Å². The first-order chi connectivity index (χ1) is 27.3. The third-order valence-electron chi connectivity index (χ3n) is 10.8. The van der Waals surface area contributed by atoms with Crippen LogP contribution in [0.2, 0.25) is 0 Å². The molecule has 3 aliphatic heterocycles. The maximum atomic E-state index is 14.5. The smallest absolute Gasteiger partial charge is 0.418 e. The minimum atomic E-state index is -4.84. The molecule has 3 heterocycles. The number of hydrogen-bond acceptors (Lipinski definition) is 8. The molecule has 13 nitrogen and oxygen atoms in total. The van der Waals surface area contributed by atoms with Gasteiger partial charge in [-0.2, -0.15) is 13.2 Å². The lowest BCUT2D eigenvalue weighted by Crippen LogP contribution is -2.57. The lowest BCUT2D eigenvalue weighted by molar-refractivity contribution is -0.206. The van der Waals surface area contributed by atoms with Crippen LogP contribution in [-0.2, 0) is 43.5 Å². The summed E-state index contributed by atoms with van der Waals surface area (Å²) in [7, 11) is 0. The van der Waals surface area contributed by atoms with Gasteiger partial charge in [-0.15, -0.1) is 0 Å². The van der Waals surface area contributed by atoms with E-state index in [0.717, 1.165) is 18.6 Å². The van der Waals surface area contributed by atoms with Crippen molar-refractivity contribution in [1.29, 1.82) is 0 Å². The fraction of sp³-hybridized carbons (Fsp3) is 0.537. The standard InChI is InChI=1S/C41H49F4N5O8/c1-39(2,3)58-37(55)47-31-13-8-6-4-5-7-11-27-19-40(27,36(54)46-20-24-14-16-25(17-15-24)33(51)41(43,44)45)48-34(52)32-18-28(22-50(32)35(31)53)57-38(56)49-21-26-10-9-12-30(42)29(26)23-49/h7,9-12,14-17,27-28,31-33,51H,4-6,8,13,18-23H2,1-3H3,(H,46,54)(H,47,55)(H,48,52)/b11-7-/t27-,28-,31+,32+,33?,40-/m1/s1. The van der Waals surface area contributed by atoms with Gasteiger partial charge in [0, 0.05) is 31.0 Å². The van der Waals surface area contributed by atoms with E-state index in [1.54, 1.807) is 32.9 Å². The van der Waals surface area contributed by atoms with Crippen LogP contribution in [0.25, 0.3) is 0 Å². The highest BCUT2D eigenvalue weighted by Crippen LogP contribution is 2.46. The summed E-state index contributed by atoms with van der Waals surface area (Å²) in [5.41, 5.74) is -1.19. The summed E-state index contributed by atoms with van der Waals surface area (Å²) in [6, 6.07) is 7.19. The van der Waals surface area contributed by atoms with Gasteiger partial charge in [0.2, 0.25) is 17.7 Å². The number of aliphatic hydroxyl groups excluding tert-OH is 1. The summed E-state index contributed by atoms with van der Waals surface area (Å²) < 4.78 is 64.7. The van der Waals surface area contributed by atoms with Gasteiger partial charge in [0.15, 0.2) is 6.10 Å². The molecule has 2 aromatic rings. The lowest BCUT2D eigenvalue weighted by Gasteiger charge is -2.30. The normalized spacial score (nSPS) is 26.1. The second-order valence-electron chi connectivity index (χ2n) is 16.4. The first kappa shape index (κ1) is 42.4. The number of aliphatic hydroxyl groups is 1. The van der Waals surface area contributed by atoms with E-state index in [4.69, 9.17) is 9.47 Å². The van der Waals surface area contributed by atoms with E-state index in [0.29, 0.717) is 36.0 Å². The third kappa shape index (κ3) is 9.91. The van der Waals surface area contributed by atoms with Crippen molar-refractivity contribution >= 4 is 29.9 Å². The summed E-state index contributed by atoms with van der Waals surface area (Å²) in [4.78, 5) is 71.6. The number of halogens is 4.